The van der Waals surface area contributed by atoms with Gasteiger partial charge in [0.15, 0.2) is 18.2 Å². The van der Waals surface area contributed by atoms with Crippen LogP contribution < -0.4 is 15.4 Å². The van der Waals surface area contributed by atoms with Crippen molar-refractivity contribution < 1.29 is 23.5 Å². The molecule has 1 fully saturated rings. The molecule has 2 aromatic carbocycles. The number of para-hydroxylation sites is 2. The number of anilines is 1. The minimum Gasteiger partial charge on any atom is -0.481 e. The number of hydrogen-bond acceptors (Lipinski definition) is 4. The number of hydrogen-bond donors (Lipinski definition) is 2. The number of halogens is 1. The predicted molar refractivity (Wildman–Crippen MR) is 98.3 cm³/mol. The third-order valence-corrected chi connectivity index (χ3v) is 4.16. The topological polar surface area (TPSA) is 76.7 Å². The molecule has 27 heavy (non-hydrogen) atoms. The van der Waals surface area contributed by atoms with Crippen LogP contribution in [0.2, 0.25) is 0 Å². The highest BCUT2D eigenvalue weighted by Gasteiger charge is 2.18. The van der Waals surface area contributed by atoms with Gasteiger partial charge in [-0.05, 0) is 37.1 Å². The first-order valence-corrected chi connectivity index (χ1v) is 8.79. The fourth-order valence-electron chi connectivity index (χ4n) is 2.79. The van der Waals surface area contributed by atoms with E-state index in [1.807, 2.05) is 0 Å². The zero-order valence-corrected chi connectivity index (χ0v) is 14.7. The van der Waals surface area contributed by atoms with Gasteiger partial charge in [0.25, 0.3) is 11.8 Å². The molecular formula is C20H21FN2O4. The Hall–Kier alpha value is -2.93. The minimum absolute atomic E-state index is 0.00441. The molecular weight excluding hydrogens is 351 g/mol. The monoisotopic (exact) mass is 372 g/mol. The second-order valence-electron chi connectivity index (χ2n) is 6.16. The van der Waals surface area contributed by atoms with Crippen molar-refractivity contribution in [2.24, 2.45) is 0 Å². The van der Waals surface area contributed by atoms with Crippen molar-refractivity contribution in [2.45, 2.75) is 18.9 Å². The second kappa shape index (κ2) is 9.14. The summed E-state index contributed by atoms with van der Waals surface area (Å²) in [6.07, 6.45) is 1.95. The average Bonchev–Trinajstić information content (AvgIpc) is 3.19. The summed E-state index contributed by atoms with van der Waals surface area (Å²) in [4.78, 5) is 24.6. The normalized spacial score (nSPS) is 16.0. The van der Waals surface area contributed by atoms with E-state index < -0.39 is 11.7 Å². The van der Waals surface area contributed by atoms with E-state index in [1.165, 1.54) is 18.2 Å². The van der Waals surface area contributed by atoms with E-state index in [-0.39, 0.29) is 24.4 Å². The third-order valence-electron chi connectivity index (χ3n) is 4.16. The summed E-state index contributed by atoms with van der Waals surface area (Å²) in [6.45, 7) is 0.777. The van der Waals surface area contributed by atoms with Gasteiger partial charge in [-0.1, -0.05) is 24.3 Å². The minimum atomic E-state index is -0.542. The highest BCUT2D eigenvalue weighted by atomic mass is 19.1. The molecule has 1 atom stereocenters. The zero-order valence-electron chi connectivity index (χ0n) is 14.7. The molecule has 0 spiro atoms. The SMILES string of the molecule is O=C(COc1ccccc1F)Nc1ccccc1C(=O)NCC1CCCO1. The fourth-order valence-corrected chi connectivity index (χ4v) is 2.79. The Labute approximate surface area is 156 Å². The molecule has 2 N–H and O–H groups in total. The Kier molecular flexibility index (Phi) is 6.38. The Morgan fingerprint density at radius 1 is 1.15 bits per heavy atom. The second-order valence-corrected chi connectivity index (χ2v) is 6.16. The van der Waals surface area contributed by atoms with Gasteiger partial charge in [-0.2, -0.15) is 0 Å². The van der Waals surface area contributed by atoms with Crippen molar-refractivity contribution in [3.8, 4) is 5.75 Å². The van der Waals surface area contributed by atoms with Crippen molar-refractivity contribution in [3.05, 3.63) is 59.9 Å². The lowest BCUT2D eigenvalue weighted by atomic mass is 10.1. The van der Waals surface area contributed by atoms with Crippen LogP contribution in [0.1, 0.15) is 23.2 Å². The number of carbonyl (C=O) groups is 2. The number of amides is 2. The first-order chi connectivity index (χ1) is 13.1. The Morgan fingerprint density at radius 2 is 1.93 bits per heavy atom. The summed E-state index contributed by atoms with van der Waals surface area (Å²) in [7, 11) is 0. The molecule has 1 aliphatic heterocycles. The summed E-state index contributed by atoms with van der Waals surface area (Å²) in [5.41, 5.74) is 0.708. The van der Waals surface area contributed by atoms with Gasteiger partial charge in [-0.15, -0.1) is 0 Å². The van der Waals surface area contributed by atoms with Crippen molar-refractivity contribution in [2.75, 3.05) is 25.1 Å². The average molecular weight is 372 g/mol. The van der Waals surface area contributed by atoms with E-state index in [1.54, 1.807) is 30.3 Å². The first-order valence-electron chi connectivity index (χ1n) is 8.79. The van der Waals surface area contributed by atoms with Crippen molar-refractivity contribution in [3.63, 3.8) is 0 Å². The number of nitrogens with one attached hydrogen (secondary N) is 2. The molecule has 6 nitrogen and oxygen atoms in total. The lowest BCUT2D eigenvalue weighted by Crippen LogP contribution is -2.32. The molecule has 3 rings (SSSR count). The van der Waals surface area contributed by atoms with Gasteiger partial charge in [0.05, 0.1) is 17.4 Å². The summed E-state index contributed by atoms with van der Waals surface area (Å²) >= 11 is 0. The summed E-state index contributed by atoms with van der Waals surface area (Å²) in [5.74, 6) is -1.33. The molecule has 2 aromatic rings. The zero-order chi connectivity index (χ0) is 19.1. The van der Waals surface area contributed by atoms with E-state index in [2.05, 4.69) is 10.6 Å². The van der Waals surface area contributed by atoms with Crippen LogP contribution in [0, 0.1) is 5.82 Å². The van der Waals surface area contributed by atoms with Crippen LogP contribution in [-0.2, 0) is 9.53 Å². The molecule has 1 heterocycles. The van der Waals surface area contributed by atoms with Crippen LogP contribution in [0.4, 0.5) is 10.1 Å². The quantitative estimate of drug-likeness (QED) is 0.784. The summed E-state index contributed by atoms with van der Waals surface area (Å²) in [5, 5.41) is 5.45. The van der Waals surface area contributed by atoms with E-state index in [9.17, 15) is 14.0 Å². The molecule has 142 valence electrons. The smallest absolute Gasteiger partial charge is 0.262 e. The van der Waals surface area contributed by atoms with E-state index in [0.29, 0.717) is 17.8 Å². The number of ether oxygens (including phenoxy) is 2. The first kappa shape index (κ1) is 18.8. The molecule has 7 heteroatoms. The molecule has 1 saturated heterocycles. The van der Waals surface area contributed by atoms with Crippen LogP contribution in [0.5, 0.6) is 5.75 Å². The highest BCUT2D eigenvalue weighted by molar-refractivity contribution is 6.04. The molecule has 0 saturated carbocycles. The van der Waals surface area contributed by atoms with Crippen LogP contribution in [-0.4, -0.2) is 37.7 Å². The van der Waals surface area contributed by atoms with E-state index in [0.717, 1.165) is 19.4 Å². The molecule has 0 radical (unpaired) electrons. The van der Waals surface area contributed by atoms with Gasteiger partial charge in [0, 0.05) is 13.2 Å². The van der Waals surface area contributed by atoms with Gasteiger partial charge in [-0.25, -0.2) is 4.39 Å². The molecule has 1 unspecified atom stereocenters. The van der Waals surface area contributed by atoms with Gasteiger partial charge >= 0.3 is 0 Å². The summed E-state index contributed by atoms with van der Waals surface area (Å²) < 4.78 is 24.2. The third kappa shape index (κ3) is 5.27. The van der Waals surface area contributed by atoms with Crippen molar-refractivity contribution in [1.29, 1.82) is 0 Å². The van der Waals surface area contributed by atoms with Crippen LogP contribution in [0.3, 0.4) is 0 Å². The highest BCUT2D eigenvalue weighted by Crippen LogP contribution is 2.17. The number of benzene rings is 2. The molecule has 0 bridgehead atoms. The van der Waals surface area contributed by atoms with Crippen molar-refractivity contribution in [1.82, 2.24) is 5.32 Å². The largest absolute Gasteiger partial charge is 0.481 e. The fraction of sp³-hybridized carbons (Fsp3) is 0.300. The van der Waals surface area contributed by atoms with Gasteiger partial charge in [0.2, 0.25) is 0 Å². The Morgan fingerprint density at radius 3 is 2.70 bits per heavy atom. The maximum absolute atomic E-state index is 13.5. The van der Waals surface area contributed by atoms with Crippen LogP contribution >= 0.6 is 0 Å². The lowest BCUT2D eigenvalue weighted by Gasteiger charge is -2.14. The number of carbonyl (C=O) groups excluding carboxylic acids is 2. The molecule has 0 aromatic heterocycles. The Balaban J connectivity index is 1.57. The molecule has 2 amide bonds. The van der Waals surface area contributed by atoms with Gasteiger partial charge in [-0.3, -0.25) is 9.59 Å². The Bertz CT molecular complexity index is 806. The van der Waals surface area contributed by atoms with Crippen molar-refractivity contribution >= 4 is 17.5 Å². The van der Waals surface area contributed by atoms with E-state index in [4.69, 9.17) is 9.47 Å². The van der Waals surface area contributed by atoms with Gasteiger partial charge < -0.3 is 20.1 Å². The maximum Gasteiger partial charge on any atom is 0.262 e. The van der Waals surface area contributed by atoms with Gasteiger partial charge in [0.1, 0.15) is 0 Å². The van der Waals surface area contributed by atoms with Crippen LogP contribution in [0.15, 0.2) is 48.5 Å². The standard InChI is InChI=1S/C20H21FN2O4/c21-16-8-2-4-10-18(16)27-13-19(24)23-17-9-3-1-7-15(17)20(25)22-12-14-6-5-11-26-14/h1-4,7-10,14H,5-6,11-13H2,(H,22,25)(H,23,24). The number of rotatable bonds is 7. The lowest BCUT2D eigenvalue weighted by molar-refractivity contribution is -0.118. The maximum atomic E-state index is 13.5. The molecule has 0 aliphatic carbocycles. The van der Waals surface area contributed by atoms with E-state index >= 15 is 0 Å². The van der Waals surface area contributed by atoms with Crippen LogP contribution in [0.25, 0.3) is 0 Å². The molecule has 1 aliphatic rings. The predicted octanol–water partition coefficient (Wildman–Crippen LogP) is 2.75. The summed E-state index contributed by atoms with van der Waals surface area (Å²) in [6, 6.07) is 12.5.